The molecule has 5 nitrogen and oxygen atoms in total. The van der Waals surface area contributed by atoms with E-state index >= 15 is 0 Å². The van der Waals surface area contributed by atoms with Gasteiger partial charge < -0.3 is 16.0 Å². The normalized spacial score (nSPS) is 16.6. The quantitative estimate of drug-likeness (QED) is 0.818. The molecule has 1 aliphatic rings. The summed E-state index contributed by atoms with van der Waals surface area (Å²) in [4.78, 5) is 27.1. The summed E-state index contributed by atoms with van der Waals surface area (Å²) in [6.45, 7) is 5.52. The van der Waals surface area contributed by atoms with E-state index in [0.717, 1.165) is 31.5 Å². The summed E-state index contributed by atoms with van der Waals surface area (Å²) >= 11 is 0. The molecule has 28 heavy (non-hydrogen) atoms. The molecule has 2 aromatic carbocycles. The zero-order chi connectivity index (χ0) is 19.4. The number of nitrogens with one attached hydrogen (secondary N) is 1. The van der Waals surface area contributed by atoms with Crippen molar-refractivity contribution >= 4 is 29.9 Å². The molecular formula is C22H28ClN3O2. The molecule has 150 valence electrons. The van der Waals surface area contributed by atoms with Gasteiger partial charge in [0.15, 0.2) is 0 Å². The molecule has 3 rings (SSSR count). The van der Waals surface area contributed by atoms with Gasteiger partial charge in [0.05, 0.1) is 0 Å². The van der Waals surface area contributed by atoms with Crippen LogP contribution < -0.4 is 11.1 Å². The molecule has 6 heteroatoms. The van der Waals surface area contributed by atoms with E-state index in [-0.39, 0.29) is 24.2 Å². The second-order valence-electron chi connectivity index (χ2n) is 7.57. The van der Waals surface area contributed by atoms with Crippen LogP contribution in [0, 0.1) is 5.92 Å². The lowest BCUT2D eigenvalue weighted by molar-refractivity contribution is -0.120. The smallest absolute Gasteiger partial charge is 0.253 e. The number of anilines is 1. The number of carbonyl (C=O) groups excluding carboxylic acids is 2. The van der Waals surface area contributed by atoms with Crippen LogP contribution in [0.25, 0.3) is 0 Å². The van der Waals surface area contributed by atoms with Gasteiger partial charge in [0.25, 0.3) is 5.91 Å². The van der Waals surface area contributed by atoms with Gasteiger partial charge in [0.2, 0.25) is 5.91 Å². The summed E-state index contributed by atoms with van der Waals surface area (Å²) < 4.78 is 0. The van der Waals surface area contributed by atoms with Crippen LogP contribution in [0.3, 0.4) is 0 Å². The van der Waals surface area contributed by atoms with Crippen molar-refractivity contribution in [3.8, 4) is 0 Å². The van der Waals surface area contributed by atoms with Gasteiger partial charge in [-0.15, -0.1) is 12.4 Å². The number of halogens is 1. The highest BCUT2D eigenvalue weighted by Gasteiger charge is 2.30. The first-order valence-electron chi connectivity index (χ1n) is 9.43. The fourth-order valence-corrected chi connectivity index (χ4v) is 3.27. The summed E-state index contributed by atoms with van der Waals surface area (Å²) in [5.41, 5.74) is 7.11. The minimum absolute atomic E-state index is 0. The van der Waals surface area contributed by atoms with Crippen molar-refractivity contribution in [3.63, 3.8) is 0 Å². The minimum Gasteiger partial charge on any atom is -0.339 e. The van der Waals surface area contributed by atoms with Gasteiger partial charge in [-0.05, 0) is 55.5 Å². The number of nitrogens with two attached hydrogens (primary N) is 1. The van der Waals surface area contributed by atoms with E-state index in [1.807, 2.05) is 35.2 Å². The Morgan fingerprint density at radius 3 is 2.18 bits per heavy atom. The molecule has 1 atom stereocenters. The fourth-order valence-electron chi connectivity index (χ4n) is 3.27. The molecule has 0 bridgehead atoms. The summed E-state index contributed by atoms with van der Waals surface area (Å²) in [7, 11) is 0. The summed E-state index contributed by atoms with van der Waals surface area (Å²) in [6, 6.07) is 16.3. The maximum absolute atomic E-state index is 12.6. The maximum atomic E-state index is 12.6. The van der Waals surface area contributed by atoms with Crippen molar-refractivity contribution in [1.82, 2.24) is 4.90 Å². The van der Waals surface area contributed by atoms with Gasteiger partial charge in [-0.25, -0.2) is 0 Å². The molecule has 1 saturated heterocycles. The Kier molecular flexibility index (Phi) is 7.22. The first kappa shape index (κ1) is 21.9. The van der Waals surface area contributed by atoms with Gasteiger partial charge in [-0.1, -0.05) is 37.3 Å². The maximum Gasteiger partial charge on any atom is 0.253 e. The molecule has 1 heterocycles. The van der Waals surface area contributed by atoms with Gasteiger partial charge in [0, 0.05) is 24.3 Å². The highest BCUT2D eigenvalue weighted by molar-refractivity contribution is 5.99. The van der Waals surface area contributed by atoms with E-state index in [2.05, 4.69) is 12.2 Å². The van der Waals surface area contributed by atoms with Crippen LogP contribution in [-0.2, 0) is 10.3 Å². The third-order valence-electron chi connectivity index (χ3n) is 5.31. The summed E-state index contributed by atoms with van der Waals surface area (Å²) in [6.07, 6.45) is 2.10. The van der Waals surface area contributed by atoms with E-state index in [4.69, 9.17) is 5.73 Å². The molecule has 0 radical (unpaired) electrons. The van der Waals surface area contributed by atoms with Gasteiger partial charge in [-0.3, -0.25) is 9.59 Å². The van der Waals surface area contributed by atoms with E-state index in [1.165, 1.54) is 0 Å². The molecule has 2 aromatic rings. The summed E-state index contributed by atoms with van der Waals surface area (Å²) in [5, 5.41) is 2.84. The Hall–Kier alpha value is -2.37. The largest absolute Gasteiger partial charge is 0.339 e. The minimum atomic E-state index is -1.14. The van der Waals surface area contributed by atoms with Crippen molar-refractivity contribution in [3.05, 3.63) is 65.7 Å². The van der Waals surface area contributed by atoms with Crippen molar-refractivity contribution in [2.75, 3.05) is 18.4 Å². The Balaban J connectivity index is 0.00000280. The highest BCUT2D eigenvalue weighted by Crippen LogP contribution is 2.22. The Bertz CT molecular complexity index is 798. The number of nitrogens with zero attached hydrogens (tertiary/aromatic N) is 1. The zero-order valence-electron chi connectivity index (χ0n) is 16.4. The third kappa shape index (κ3) is 4.91. The number of hydrogen-bond acceptors (Lipinski definition) is 3. The van der Waals surface area contributed by atoms with Crippen LogP contribution >= 0.6 is 12.4 Å². The van der Waals surface area contributed by atoms with Crippen LogP contribution in [0.4, 0.5) is 5.69 Å². The first-order chi connectivity index (χ1) is 12.9. The lowest BCUT2D eigenvalue weighted by Crippen LogP contribution is -2.45. The molecule has 2 amide bonds. The number of carbonyl (C=O) groups is 2. The molecule has 0 aliphatic carbocycles. The molecule has 1 aliphatic heterocycles. The van der Waals surface area contributed by atoms with Crippen LogP contribution in [0.2, 0.25) is 0 Å². The number of hydrogen-bond donors (Lipinski definition) is 2. The second kappa shape index (κ2) is 9.22. The average molecular weight is 402 g/mol. The SMILES string of the molecule is CC1CCN(C(=O)c2ccc(NC(=O)C(C)(N)c3ccccc3)cc2)CC1.Cl. The Morgan fingerprint density at radius 2 is 1.61 bits per heavy atom. The zero-order valence-corrected chi connectivity index (χ0v) is 17.2. The summed E-state index contributed by atoms with van der Waals surface area (Å²) in [5.74, 6) is 0.437. The lowest BCUT2D eigenvalue weighted by Gasteiger charge is -2.30. The van der Waals surface area contributed by atoms with E-state index in [0.29, 0.717) is 17.2 Å². The number of rotatable bonds is 4. The third-order valence-corrected chi connectivity index (χ3v) is 5.31. The molecule has 1 unspecified atom stereocenters. The van der Waals surface area contributed by atoms with Crippen molar-refractivity contribution in [2.24, 2.45) is 11.7 Å². The van der Waals surface area contributed by atoms with Crippen molar-refractivity contribution < 1.29 is 9.59 Å². The van der Waals surface area contributed by atoms with Gasteiger partial charge in [-0.2, -0.15) is 0 Å². The van der Waals surface area contributed by atoms with Gasteiger partial charge >= 0.3 is 0 Å². The standard InChI is InChI=1S/C22H27N3O2.ClH/c1-16-12-14-25(15-13-16)20(26)17-8-10-19(11-9-17)24-21(27)22(2,23)18-6-4-3-5-7-18;/h3-11,16H,12-15,23H2,1-2H3,(H,24,27);1H. The highest BCUT2D eigenvalue weighted by atomic mass is 35.5. The number of amides is 2. The molecule has 0 aromatic heterocycles. The first-order valence-corrected chi connectivity index (χ1v) is 9.43. The number of benzene rings is 2. The lowest BCUT2D eigenvalue weighted by atomic mass is 9.92. The van der Waals surface area contributed by atoms with Crippen molar-refractivity contribution in [2.45, 2.75) is 32.2 Å². The predicted octanol–water partition coefficient (Wildman–Crippen LogP) is 3.79. The molecule has 3 N–H and O–H groups in total. The van der Waals surface area contributed by atoms with Crippen LogP contribution in [-0.4, -0.2) is 29.8 Å². The van der Waals surface area contributed by atoms with Crippen LogP contribution in [0.15, 0.2) is 54.6 Å². The van der Waals surface area contributed by atoms with Crippen LogP contribution in [0.1, 0.15) is 42.6 Å². The molecule has 0 spiro atoms. The predicted molar refractivity (Wildman–Crippen MR) is 115 cm³/mol. The Labute approximate surface area is 172 Å². The molecule has 0 saturated carbocycles. The monoisotopic (exact) mass is 401 g/mol. The Morgan fingerprint density at radius 1 is 1.04 bits per heavy atom. The number of piperidine rings is 1. The van der Waals surface area contributed by atoms with Crippen molar-refractivity contribution in [1.29, 1.82) is 0 Å². The molecular weight excluding hydrogens is 374 g/mol. The van der Waals surface area contributed by atoms with Gasteiger partial charge in [0.1, 0.15) is 5.54 Å². The topological polar surface area (TPSA) is 75.4 Å². The second-order valence-corrected chi connectivity index (χ2v) is 7.57. The molecule has 1 fully saturated rings. The van der Waals surface area contributed by atoms with E-state index in [1.54, 1.807) is 31.2 Å². The average Bonchev–Trinajstić information content (AvgIpc) is 2.69. The fraction of sp³-hybridized carbons (Fsp3) is 0.364. The van der Waals surface area contributed by atoms with E-state index in [9.17, 15) is 9.59 Å². The van der Waals surface area contributed by atoms with E-state index < -0.39 is 5.54 Å². The number of likely N-dealkylation sites (tertiary alicyclic amines) is 1. The van der Waals surface area contributed by atoms with Crippen LogP contribution in [0.5, 0.6) is 0 Å².